The maximum atomic E-state index is 8.88. The zero-order chi connectivity index (χ0) is 9.73. The fourth-order valence-electron chi connectivity index (χ4n) is 2.00. The van der Waals surface area contributed by atoms with Crippen molar-refractivity contribution in [3.8, 4) is 0 Å². The molecule has 3 N–H and O–H groups in total. The summed E-state index contributed by atoms with van der Waals surface area (Å²) in [6.45, 7) is 3.10. The van der Waals surface area contributed by atoms with Gasteiger partial charge in [0.05, 0.1) is 6.10 Å². The molecule has 0 radical (unpaired) electrons. The Kier molecular flexibility index (Phi) is 4.16. The van der Waals surface area contributed by atoms with Crippen LogP contribution in [0.1, 0.15) is 39.0 Å². The van der Waals surface area contributed by atoms with E-state index in [1.165, 1.54) is 0 Å². The molecule has 1 aliphatic rings. The molecule has 3 nitrogen and oxygen atoms in total. The predicted octanol–water partition coefficient (Wildman–Crippen LogP) is 1.05. The molecule has 0 aliphatic carbocycles. The van der Waals surface area contributed by atoms with E-state index < -0.39 is 0 Å². The van der Waals surface area contributed by atoms with Crippen LogP contribution in [0.25, 0.3) is 0 Å². The predicted molar refractivity (Wildman–Crippen MR) is 52.5 cm³/mol. The quantitative estimate of drug-likeness (QED) is 0.691. The van der Waals surface area contributed by atoms with Crippen molar-refractivity contribution in [1.82, 2.24) is 0 Å². The molecule has 0 spiro atoms. The number of hydrogen-bond acceptors (Lipinski definition) is 3. The van der Waals surface area contributed by atoms with Gasteiger partial charge in [-0.3, -0.25) is 0 Å². The highest BCUT2D eigenvalue weighted by molar-refractivity contribution is 4.89. The molecule has 0 aromatic heterocycles. The third kappa shape index (κ3) is 3.25. The first-order chi connectivity index (χ1) is 6.20. The summed E-state index contributed by atoms with van der Waals surface area (Å²) in [7, 11) is 0. The zero-order valence-corrected chi connectivity index (χ0v) is 8.46. The molecule has 1 saturated heterocycles. The fraction of sp³-hybridized carbons (Fsp3) is 1.00. The Morgan fingerprint density at radius 3 is 3.00 bits per heavy atom. The van der Waals surface area contributed by atoms with Crippen LogP contribution in [-0.2, 0) is 4.74 Å². The fourth-order valence-corrected chi connectivity index (χ4v) is 2.00. The lowest BCUT2D eigenvalue weighted by Crippen LogP contribution is -2.48. The Bertz CT molecular complexity index is 146. The van der Waals surface area contributed by atoms with E-state index >= 15 is 0 Å². The minimum absolute atomic E-state index is 0.174. The second-order valence-electron chi connectivity index (χ2n) is 4.07. The maximum absolute atomic E-state index is 8.88. The van der Waals surface area contributed by atoms with Crippen LogP contribution in [-0.4, -0.2) is 30.0 Å². The molecule has 0 saturated carbocycles. The average molecular weight is 187 g/mol. The average Bonchev–Trinajstić information content (AvgIpc) is 2.04. The van der Waals surface area contributed by atoms with Crippen LogP contribution in [0.5, 0.6) is 0 Å². The summed E-state index contributed by atoms with van der Waals surface area (Å²) >= 11 is 0. The minimum atomic E-state index is -0.174. The van der Waals surface area contributed by atoms with Crippen LogP contribution < -0.4 is 5.73 Å². The molecule has 3 heteroatoms. The molecule has 1 aliphatic heterocycles. The molecule has 0 aromatic carbocycles. The second-order valence-corrected chi connectivity index (χ2v) is 4.07. The van der Waals surface area contributed by atoms with Crippen LogP contribution in [0, 0.1) is 0 Å². The lowest BCUT2D eigenvalue weighted by molar-refractivity contribution is -0.0278. The number of rotatable bonds is 4. The van der Waals surface area contributed by atoms with Crippen molar-refractivity contribution in [1.29, 1.82) is 0 Å². The van der Waals surface area contributed by atoms with Gasteiger partial charge in [0.15, 0.2) is 0 Å². The lowest BCUT2D eigenvalue weighted by Gasteiger charge is -2.37. The molecule has 2 atom stereocenters. The Labute approximate surface area is 80.3 Å². The van der Waals surface area contributed by atoms with Gasteiger partial charge >= 0.3 is 0 Å². The number of aliphatic hydroxyl groups is 1. The first-order valence-corrected chi connectivity index (χ1v) is 5.21. The van der Waals surface area contributed by atoms with Gasteiger partial charge in [-0.1, -0.05) is 13.3 Å². The second kappa shape index (κ2) is 4.94. The summed E-state index contributed by atoms with van der Waals surface area (Å²) in [6.07, 6.45) is 5.03. The first kappa shape index (κ1) is 11.0. The molecule has 78 valence electrons. The number of aliphatic hydroxyl groups excluding tert-OH is 1. The minimum Gasteiger partial charge on any atom is -0.396 e. The molecular formula is C10H21NO2. The molecule has 1 heterocycles. The van der Waals surface area contributed by atoms with Crippen molar-refractivity contribution in [3.05, 3.63) is 0 Å². The third-order valence-electron chi connectivity index (χ3n) is 2.81. The standard InChI is InChI=1S/C10H21NO2/c1-2-3-9-8-10(11,4-6-12)5-7-13-9/h9,12H,2-8,11H2,1H3. The van der Waals surface area contributed by atoms with E-state index in [4.69, 9.17) is 15.6 Å². The van der Waals surface area contributed by atoms with E-state index in [0.29, 0.717) is 12.5 Å². The van der Waals surface area contributed by atoms with Gasteiger partial charge < -0.3 is 15.6 Å². The largest absolute Gasteiger partial charge is 0.396 e. The topological polar surface area (TPSA) is 55.5 Å². The highest BCUT2D eigenvalue weighted by Crippen LogP contribution is 2.27. The normalized spacial score (nSPS) is 34.8. The SMILES string of the molecule is CCCC1CC(N)(CCO)CCO1. The molecule has 0 aromatic rings. The van der Waals surface area contributed by atoms with E-state index in [0.717, 1.165) is 32.3 Å². The van der Waals surface area contributed by atoms with E-state index in [-0.39, 0.29) is 12.1 Å². The van der Waals surface area contributed by atoms with Gasteiger partial charge in [-0.2, -0.15) is 0 Å². The van der Waals surface area contributed by atoms with Crippen molar-refractivity contribution < 1.29 is 9.84 Å². The molecule has 0 bridgehead atoms. The Morgan fingerprint density at radius 2 is 2.38 bits per heavy atom. The summed E-state index contributed by atoms with van der Waals surface area (Å²) < 4.78 is 5.60. The molecule has 1 rings (SSSR count). The van der Waals surface area contributed by atoms with E-state index in [2.05, 4.69) is 6.92 Å². The van der Waals surface area contributed by atoms with Gasteiger partial charge in [-0.25, -0.2) is 0 Å². The molecule has 2 unspecified atom stereocenters. The zero-order valence-electron chi connectivity index (χ0n) is 8.46. The van der Waals surface area contributed by atoms with Crippen LogP contribution in [0.4, 0.5) is 0 Å². The van der Waals surface area contributed by atoms with Gasteiger partial charge in [-0.15, -0.1) is 0 Å². The summed E-state index contributed by atoms with van der Waals surface area (Å²) in [5, 5.41) is 8.88. The van der Waals surface area contributed by atoms with Gasteiger partial charge in [0.2, 0.25) is 0 Å². The third-order valence-corrected chi connectivity index (χ3v) is 2.81. The van der Waals surface area contributed by atoms with E-state index in [1.54, 1.807) is 0 Å². The van der Waals surface area contributed by atoms with Crippen molar-refractivity contribution in [2.75, 3.05) is 13.2 Å². The van der Waals surface area contributed by atoms with Gasteiger partial charge in [0.1, 0.15) is 0 Å². The van der Waals surface area contributed by atoms with Crippen molar-refractivity contribution in [3.63, 3.8) is 0 Å². The van der Waals surface area contributed by atoms with E-state index in [1.807, 2.05) is 0 Å². The summed E-state index contributed by atoms with van der Waals surface area (Å²) in [5.74, 6) is 0. The summed E-state index contributed by atoms with van der Waals surface area (Å²) in [5.41, 5.74) is 5.98. The lowest BCUT2D eigenvalue weighted by atomic mass is 9.84. The Morgan fingerprint density at radius 1 is 1.62 bits per heavy atom. The molecule has 0 amide bonds. The van der Waals surface area contributed by atoms with Crippen LogP contribution in [0.15, 0.2) is 0 Å². The van der Waals surface area contributed by atoms with Gasteiger partial charge in [0, 0.05) is 18.8 Å². The van der Waals surface area contributed by atoms with Crippen molar-refractivity contribution >= 4 is 0 Å². The van der Waals surface area contributed by atoms with E-state index in [9.17, 15) is 0 Å². The smallest absolute Gasteiger partial charge is 0.0592 e. The van der Waals surface area contributed by atoms with Crippen LogP contribution in [0.2, 0.25) is 0 Å². The summed E-state index contributed by atoms with van der Waals surface area (Å²) in [4.78, 5) is 0. The van der Waals surface area contributed by atoms with Gasteiger partial charge in [0.25, 0.3) is 0 Å². The number of ether oxygens (including phenoxy) is 1. The monoisotopic (exact) mass is 187 g/mol. The van der Waals surface area contributed by atoms with Crippen molar-refractivity contribution in [2.45, 2.75) is 50.7 Å². The van der Waals surface area contributed by atoms with Crippen molar-refractivity contribution in [2.24, 2.45) is 5.73 Å². The maximum Gasteiger partial charge on any atom is 0.0592 e. The summed E-state index contributed by atoms with van der Waals surface area (Å²) in [6, 6.07) is 0. The molecular weight excluding hydrogens is 166 g/mol. The first-order valence-electron chi connectivity index (χ1n) is 5.21. The number of nitrogens with two attached hydrogens (primary N) is 1. The molecule has 13 heavy (non-hydrogen) atoms. The van der Waals surface area contributed by atoms with Crippen LogP contribution in [0.3, 0.4) is 0 Å². The Balaban J connectivity index is 2.39. The van der Waals surface area contributed by atoms with Crippen LogP contribution >= 0.6 is 0 Å². The number of hydrogen-bond donors (Lipinski definition) is 2. The highest BCUT2D eigenvalue weighted by atomic mass is 16.5. The highest BCUT2D eigenvalue weighted by Gasteiger charge is 2.32. The Hall–Kier alpha value is -0.120. The van der Waals surface area contributed by atoms with Gasteiger partial charge in [-0.05, 0) is 25.7 Å². The molecule has 1 fully saturated rings.